The maximum atomic E-state index is 11.1. The van der Waals surface area contributed by atoms with Gasteiger partial charge in [-0.1, -0.05) is 19.3 Å². The summed E-state index contributed by atoms with van der Waals surface area (Å²) in [6.45, 7) is 2.69. The molecule has 2 rings (SSSR count). The summed E-state index contributed by atoms with van der Waals surface area (Å²) in [5, 5.41) is 0. The molecule has 0 aromatic rings. The van der Waals surface area contributed by atoms with Crippen LogP contribution in [0.15, 0.2) is 12.2 Å². The summed E-state index contributed by atoms with van der Waals surface area (Å²) in [7, 11) is 0. The first-order valence-corrected chi connectivity index (χ1v) is 7.84. The van der Waals surface area contributed by atoms with Crippen LogP contribution in [0.2, 0.25) is 0 Å². The van der Waals surface area contributed by atoms with Crippen molar-refractivity contribution in [2.45, 2.75) is 70.6 Å². The monoisotopic (exact) mass is 312 g/mol. The van der Waals surface area contributed by atoms with Crippen molar-refractivity contribution >= 4 is 11.9 Å². The fraction of sp³-hybridized carbons (Fsp3) is 0.750. The number of hydrogen-bond donors (Lipinski definition) is 0. The van der Waals surface area contributed by atoms with Crippen molar-refractivity contribution in [2.24, 2.45) is 0 Å². The first kappa shape index (κ1) is 17.0. The second-order valence-corrected chi connectivity index (χ2v) is 5.70. The second kappa shape index (κ2) is 8.29. The van der Waals surface area contributed by atoms with Crippen LogP contribution in [0.25, 0.3) is 0 Å². The van der Waals surface area contributed by atoms with Gasteiger partial charge in [0.15, 0.2) is 6.29 Å². The van der Waals surface area contributed by atoms with Crippen LogP contribution >= 0.6 is 0 Å². The number of rotatable bonds is 5. The van der Waals surface area contributed by atoms with Gasteiger partial charge in [-0.3, -0.25) is 9.59 Å². The number of carbonyl (C=O) groups excluding carboxylic acids is 2. The molecule has 0 spiro atoms. The zero-order valence-electron chi connectivity index (χ0n) is 13.2. The van der Waals surface area contributed by atoms with Crippen molar-refractivity contribution in [1.29, 1.82) is 0 Å². The Morgan fingerprint density at radius 1 is 1.09 bits per heavy atom. The van der Waals surface area contributed by atoms with Gasteiger partial charge in [-0.05, 0) is 25.0 Å². The molecule has 3 atom stereocenters. The van der Waals surface area contributed by atoms with E-state index in [-0.39, 0.29) is 12.7 Å². The van der Waals surface area contributed by atoms with E-state index in [1.165, 1.54) is 33.1 Å². The Balaban J connectivity index is 1.93. The van der Waals surface area contributed by atoms with E-state index in [2.05, 4.69) is 0 Å². The van der Waals surface area contributed by atoms with Crippen LogP contribution in [0.1, 0.15) is 46.0 Å². The average molecular weight is 312 g/mol. The molecule has 1 heterocycles. The minimum Gasteiger partial charge on any atom is -0.463 e. The zero-order chi connectivity index (χ0) is 15.9. The van der Waals surface area contributed by atoms with Gasteiger partial charge in [0, 0.05) is 13.8 Å². The van der Waals surface area contributed by atoms with Crippen LogP contribution in [-0.2, 0) is 28.5 Å². The Hall–Kier alpha value is -1.40. The van der Waals surface area contributed by atoms with E-state index in [1.54, 1.807) is 12.2 Å². The molecule has 6 heteroatoms. The van der Waals surface area contributed by atoms with Gasteiger partial charge in [-0.25, -0.2) is 0 Å². The second-order valence-electron chi connectivity index (χ2n) is 5.70. The van der Waals surface area contributed by atoms with Crippen molar-refractivity contribution in [3.63, 3.8) is 0 Å². The predicted octanol–water partition coefficient (Wildman–Crippen LogP) is 2.11. The van der Waals surface area contributed by atoms with E-state index in [0.29, 0.717) is 0 Å². The molecule has 0 N–H and O–H groups in total. The van der Waals surface area contributed by atoms with Gasteiger partial charge in [-0.2, -0.15) is 0 Å². The van der Waals surface area contributed by atoms with E-state index < -0.39 is 30.4 Å². The Labute approximate surface area is 130 Å². The van der Waals surface area contributed by atoms with Crippen molar-refractivity contribution in [3.05, 3.63) is 12.2 Å². The van der Waals surface area contributed by atoms with Gasteiger partial charge < -0.3 is 18.9 Å². The van der Waals surface area contributed by atoms with Gasteiger partial charge in [0.05, 0.1) is 6.10 Å². The number of hydrogen-bond acceptors (Lipinski definition) is 6. The van der Waals surface area contributed by atoms with E-state index in [9.17, 15) is 9.59 Å². The predicted molar refractivity (Wildman–Crippen MR) is 77.9 cm³/mol. The van der Waals surface area contributed by atoms with Crippen LogP contribution in [0.5, 0.6) is 0 Å². The summed E-state index contributed by atoms with van der Waals surface area (Å²) in [4.78, 5) is 22.1. The number of carbonyl (C=O) groups is 2. The summed E-state index contributed by atoms with van der Waals surface area (Å²) in [5.41, 5.74) is 0. The van der Waals surface area contributed by atoms with Crippen LogP contribution < -0.4 is 0 Å². The van der Waals surface area contributed by atoms with Gasteiger partial charge in [0.2, 0.25) is 0 Å². The van der Waals surface area contributed by atoms with Crippen molar-refractivity contribution in [2.75, 3.05) is 6.61 Å². The van der Waals surface area contributed by atoms with Crippen molar-refractivity contribution in [1.82, 2.24) is 0 Å². The minimum absolute atomic E-state index is 0.0299. The first-order valence-electron chi connectivity index (χ1n) is 7.84. The highest BCUT2D eigenvalue weighted by molar-refractivity contribution is 5.66. The molecular formula is C16H24O6. The quantitative estimate of drug-likeness (QED) is 0.572. The van der Waals surface area contributed by atoms with E-state index in [0.717, 1.165) is 12.8 Å². The molecule has 0 bridgehead atoms. The smallest absolute Gasteiger partial charge is 0.303 e. The Morgan fingerprint density at radius 2 is 1.82 bits per heavy atom. The molecule has 0 saturated heterocycles. The SMILES string of the molecule is CC(=O)OC[C@H]1OC(OC2CCCCC2)C=C[C@H]1OC(C)=O. The molecule has 1 aliphatic carbocycles. The number of esters is 2. The zero-order valence-corrected chi connectivity index (χ0v) is 13.2. The molecular weight excluding hydrogens is 288 g/mol. The Bertz CT molecular complexity index is 413. The highest BCUT2D eigenvalue weighted by Crippen LogP contribution is 2.25. The molecule has 0 aromatic carbocycles. The molecule has 124 valence electrons. The van der Waals surface area contributed by atoms with Gasteiger partial charge in [0.1, 0.15) is 18.8 Å². The topological polar surface area (TPSA) is 71.1 Å². The molecule has 1 aliphatic heterocycles. The molecule has 22 heavy (non-hydrogen) atoms. The fourth-order valence-corrected chi connectivity index (χ4v) is 2.73. The lowest BCUT2D eigenvalue weighted by atomic mass is 9.98. The molecule has 0 amide bonds. The van der Waals surface area contributed by atoms with E-state index in [1.807, 2.05) is 0 Å². The normalized spacial score (nSPS) is 29.1. The van der Waals surface area contributed by atoms with Crippen LogP contribution in [0, 0.1) is 0 Å². The first-order chi connectivity index (χ1) is 10.5. The Kier molecular flexibility index (Phi) is 6.39. The van der Waals surface area contributed by atoms with Gasteiger partial charge in [-0.15, -0.1) is 0 Å². The molecule has 1 unspecified atom stereocenters. The summed E-state index contributed by atoms with van der Waals surface area (Å²) >= 11 is 0. The lowest BCUT2D eigenvalue weighted by molar-refractivity contribution is -0.212. The molecule has 0 radical (unpaired) electrons. The third-order valence-electron chi connectivity index (χ3n) is 3.76. The van der Waals surface area contributed by atoms with Crippen molar-refractivity contribution in [3.8, 4) is 0 Å². The third-order valence-corrected chi connectivity index (χ3v) is 3.76. The highest BCUT2D eigenvalue weighted by Gasteiger charge is 2.32. The van der Waals surface area contributed by atoms with Crippen LogP contribution in [0.4, 0.5) is 0 Å². The fourth-order valence-electron chi connectivity index (χ4n) is 2.73. The minimum atomic E-state index is -0.567. The summed E-state index contributed by atoms with van der Waals surface area (Å²) in [5.74, 6) is -0.804. The van der Waals surface area contributed by atoms with E-state index >= 15 is 0 Å². The maximum absolute atomic E-state index is 11.1. The lowest BCUT2D eigenvalue weighted by Gasteiger charge is -2.33. The molecule has 2 aliphatic rings. The average Bonchev–Trinajstić information content (AvgIpc) is 2.48. The molecule has 0 aromatic heterocycles. The van der Waals surface area contributed by atoms with Crippen LogP contribution in [0.3, 0.4) is 0 Å². The van der Waals surface area contributed by atoms with E-state index in [4.69, 9.17) is 18.9 Å². The Morgan fingerprint density at radius 3 is 2.45 bits per heavy atom. The summed E-state index contributed by atoms with van der Waals surface area (Å²) < 4.78 is 21.9. The van der Waals surface area contributed by atoms with Gasteiger partial charge in [0.25, 0.3) is 0 Å². The molecule has 6 nitrogen and oxygen atoms in total. The largest absolute Gasteiger partial charge is 0.463 e. The third kappa shape index (κ3) is 5.42. The highest BCUT2D eigenvalue weighted by atomic mass is 16.7. The standard InChI is InChI=1S/C16H24O6/c1-11(17)19-10-15-14(20-12(2)18)8-9-16(22-15)21-13-6-4-3-5-7-13/h8-9,13-16H,3-7,10H2,1-2H3/t14-,15-,16?/m1/s1. The summed E-state index contributed by atoms with van der Waals surface area (Å²) in [6.07, 6.45) is 7.77. The molecule has 1 fully saturated rings. The molecule has 1 saturated carbocycles. The van der Waals surface area contributed by atoms with Crippen LogP contribution in [-0.4, -0.2) is 43.1 Å². The number of ether oxygens (including phenoxy) is 4. The van der Waals surface area contributed by atoms with Gasteiger partial charge >= 0.3 is 11.9 Å². The maximum Gasteiger partial charge on any atom is 0.303 e. The summed E-state index contributed by atoms with van der Waals surface area (Å²) in [6, 6.07) is 0. The lowest BCUT2D eigenvalue weighted by Crippen LogP contribution is -2.43. The van der Waals surface area contributed by atoms with Crippen molar-refractivity contribution < 1.29 is 28.5 Å².